The molecule has 0 aliphatic carbocycles. The maximum Gasteiger partial charge on any atom is 0.238 e. The molecule has 0 fully saturated rings. The molecule has 0 saturated heterocycles. The summed E-state index contributed by atoms with van der Waals surface area (Å²) in [5.41, 5.74) is 1.68. The molecule has 3 aromatic rings. The van der Waals surface area contributed by atoms with Crippen molar-refractivity contribution in [1.82, 2.24) is 0 Å². The van der Waals surface area contributed by atoms with E-state index in [0.717, 1.165) is 17.2 Å². The van der Waals surface area contributed by atoms with Crippen molar-refractivity contribution >= 4 is 11.0 Å². The topological polar surface area (TPSA) is 120 Å². The van der Waals surface area contributed by atoms with E-state index >= 15 is 0 Å². The smallest absolute Gasteiger partial charge is 0.238 e. The molecule has 1 atom stereocenters. The van der Waals surface area contributed by atoms with Gasteiger partial charge in [0, 0.05) is 17.7 Å². The first-order valence-electron chi connectivity index (χ1n) is 10.4. The van der Waals surface area contributed by atoms with Crippen LogP contribution in [0.3, 0.4) is 0 Å². The zero-order valence-corrected chi connectivity index (χ0v) is 19.1. The Morgan fingerprint density at radius 2 is 1.82 bits per heavy atom. The Morgan fingerprint density at radius 1 is 1.12 bits per heavy atom. The molecule has 2 aromatic carbocycles. The SMILES string of the molecule is C=C(C)[C@@H](CC=C(C)C)Cc1c(O)cc(OC)c2c(=O)c(O)c(-c3ccc(O)cc3O)oc12. The highest BCUT2D eigenvalue weighted by Gasteiger charge is 2.26. The largest absolute Gasteiger partial charge is 0.508 e. The highest BCUT2D eigenvalue weighted by molar-refractivity contribution is 5.91. The minimum atomic E-state index is -0.770. The predicted octanol–water partition coefficient (Wildman–Crippen LogP) is 5.38. The number of hydrogen-bond donors (Lipinski definition) is 4. The molecule has 7 nitrogen and oxygen atoms in total. The minimum Gasteiger partial charge on any atom is -0.508 e. The normalized spacial score (nSPS) is 11.9. The highest BCUT2D eigenvalue weighted by Crippen LogP contribution is 2.42. The van der Waals surface area contributed by atoms with Crippen LogP contribution in [-0.2, 0) is 6.42 Å². The van der Waals surface area contributed by atoms with Gasteiger partial charge in [-0.2, -0.15) is 0 Å². The third-order valence-corrected chi connectivity index (χ3v) is 5.59. The summed E-state index contributed by atoms with van der Waals surface area (Å²) >= 11 is 0. The van der Waals surface area contributed by atoms with Crippen LogP contribution in [0, 0.1) is 5.92 Å². The first-order chi connectivity index (χ1) is 15.5. The Kier molecular flexibility index (Phi) is 6.72. The lowest BCUT2D eigenvalue weighted by Crippen LogP contribution is -2.10. The van der Waals surface area contributed by atoms with Crippen molar-refractivity contribution in [1.29, 1.82) is 0 Å². The van der Waals surface area contributed by atoms with Crippen molar-refractivity contribution in [2.45, 2.75) is 33.6 Å². The zero-order valence-electron chi connectivity index (χ0n) is 19.1. The van der Waals surface area contributed by atoms with Gasteiger partial charge in [0.05, 0.1) is 12.7 Å². The van der Waals surface area contributed by atoms with Crippen LogP contribution < -0.4 is 10.2 Å². The summed E-state index contributed by atoms with van der Waals surface area (Å²) < 4.78 is 11.2. The fraction of sp³-hybridized carbons (Fsp3) is 0.269. The van der Waals surface area contributed by atoms with Crippen molar-refractivity contribution in [2.24, 2.45) is 5.92 Å². The summed E-state index contributed by atoms with van der Waals surface area (Å²) in [4.78, 5) is 13.1. The third kappa shape index (κ3) is 4.67. The Bertz CT molecular complexity index is 1310. The molecule has 0 spiro atoms. The van der Waals surface area contributed by atoms with Gasteiger partial charge < -0.3 is 29.6 Å². The van der Waals surface area contributed by atoms with E-state index < -0.39 is 11.2 Å². The Morgan fingerprint density at radius 3 is 2.39 bits per heavy atom. The number of ether oxygens (including phenoxy) is 1. The molecular formula is C26H28O7. The van der Waals surface area contributed by atoms with Gasteiger partial charge in [-0.05, 0) is 51.7 Å². The van der Waals surface area contributed by atoms with Crippen LogP contribution in [0.1, 0.15) is 32.8 Å². The molecule has 7 heteroatoms. The standard InChI is InChI=1S/C26H28O7/c1-13(2)6-7-15(14(3)4)10-18-20(29)12-21(32-5)22-23(30)24(31)26(33-25(18)22)17-9-8-16(27)11-19(17)28/h6,8-9,11-12,15,27-29,31H,3,7,10H2,1-2,4-5H3/t15-/m0/s1. The van der Waals surface area contributed by atoms with Gasteiger partial charge in [-0.3, -0.25) is 4.79 Å². The number of phenols is 3. The minimum absolute atomic E-state index is 0.0125. The first-order valence-corrected chi connectivity index (χ1v) is 10.4. The highest BCUT2D eigenvalue weighted by atomic mass is 16.5. The molecule has 0 aliphatic heterocycles. The fourth-order valence-corrected chi connectivity index (χ4v) is 3.70. The molecule has 0 radical (unpaired) electrons. The number of allylic oxidation sites excluding steroid dienone is 3. The quantitative estimate of drug-likeness (QED) is 0.355. The van der Waals surface area contributed by atoms with Crippen LogP contribution >= 0.6 is 0 Å². The van der Waals surface area contributed by atoms with Gasteiger partial charge >= 0.3 is 0 Å². The van der Waals surface area contributed by atoms with E-state index in [9.17, 15) is 25.2 Å². The Labute approximate surface area is 191 Å². The van der Waals surface area contributed by atoms with E-state index in [1.165, 1.54) is 25.3 Å². The van der Waals surface area contributed by atoms with E-state index in [1.807, 2.05) is 20.8 Å². The number of hydrogen-bond acceptors (Lipinski definition) is 7. The van der Waals surface area contributed by atoms with Gasteiger partial charge in [0.25, 0.3) is 0 Å². The van der Waals surface area contributed by atoms with Crippen LogP contribution in [0.2, 0.25) is 0 Å². The van der Waals surface area contributed by atoms with Crippen LogP contribution in [-0.4, -0.2) is 27.5 Å². The van der Waals surface area contributed by atoms with E-state index in [0.29, 0.717) is 18.4 Å². The second-order valence-electron chi connectivity index (χ2n) is 8.36. The lowest BCUT2D eigenvalue weighted by atomic mass is 9.88. The second-order valence-corrected chi connectivity index (χ2v) is 8.36. The maximum atomic E-state index is 13.1. The van der Waals surface area contributed by atoms with E-state index in [2.05, 4.69) is 12.7 Å². The number of rotatable bonds is 7. The van der Waals surface area contributed by atoms with Gasteiger partial charge in [-0.25, -0.2) is 0 Å². The second kappa shape index (κ2) is 9.32. The number of fused-ring (bicyclic) bond motifs is 1. The summed E-state index contributed by atoms with van der Waals surface area (Å²) in [6.07, 6.45) is 3.07. The van der Waals surface area contributed by atoms with E-state index in [1.54, 1.807) is 0 Å². The fourth-order valence-electron chi connectivity index (χ4n) is 3.70. The average molecular weight is 453 g/mol. The van der Waals surface area contributed by atoms with Gasteiger partial charge in [-0.15, -0.1) is 0 Å². The summed E-state index contributed by atoms with van der Waals surface area (Å²) in [5.74, 6) is -1.71. The van der Waals surface area contributed by atoms with Crippen molar-refractivity contribution in [3.63, 3.8) is 0 Å². The van der Waals surface area contributed by atoms with Crippen LogP contribution in [0.4, 0.5) is 0 Å². The van der Waals surface area contributed by atoms with Gasteiger partial charge in [0.2, 0.25) is 11.2 Å². The monoisotopic (exact) mass is 452 g/mol. The third-order valence-electron chi connectivity index (χ3n) is 5.59. The maximum absolute atomic E-state index is 13.1. The lowest BCUT2D eigenvalue weighted by molar-refractivity contribution is 0.405. The van der Waals surface area contributed by atoms with Crippen LogP contribution in [0.5, 0.6) is 28.7 Å². The van der Waals surface area contributed by atoms with Gasteiger partial charge in [0.1, 0.15) is 34.0 Å². The molecular weight excluding hydrogens is 424 g/mol. The van der Waals surface area contributed by atoms with Crippen molar-refractivity contribution in [3.05, 3.63) is 63.9 Å². The molecule has 174 valence electrons. The number of aromatic hydroxyl groups is 4. The molecule has 3 rings (SSSR count). The summed E-state index contributed by atoms with van der Waals surface area (Å²) in [6, 6.07) is 5.00. The Hall–Kier alpha value is -3.87. The molecule has 1 heterocycles. The van der Waals surface area contributed by atoms with E-state index in [-0.39, 0.29) is 51.2 Å². The van der Waals surface area contributed by atoms with Crippen LogP contribution in [0.25, 0.3) is 22.3 Å². The van der Waals surface area contributed by atoms with E-state index in [4.69, 9.17) is 9.15 Å². The molecule has 0 saturated carbocycles. The molecule has 0 amide bonds. The summed E-state index contributed by atoms with van der Waals surface area (Å²) in [7, 11) is 1.34. The zero-order chi connectivity index (χ0) is 24.4. The van der Waals surface area contributed by atoms with Crippen LogP contribution in [0.15, 0.2) is 57.3 Å². The summed E-state index contributed by atoms with van der Waals surface area (Å²) in [5, 5.41) is 41.3. The number of methoxy groups -OCH3 is 1. The molecule has 0 aliphatic rings. The lowest BCUT2D eigenvalue weighted by Gasteiger charge is -2.19. The number of phenolic OH excluding ortho intramolecular Hbond substituents is 3. The predicted molar refractivity (Wildman–Crippen MR) is 127 cm³/mol. The summed E-state index contributed by atoms with van der Waals surface area (Å²) in [6.45, 7) is 9.95. The molecule has 4 N–H and O–H groups in total. The first kappa shape index (κ1) is 23.8. The molecule has 33 heavy (non-hydrogen) atoms. The van der Waals surface area contributed by atoms with Crippen molar-refractivity contribution < 1.29 is 29.6 Å². The average Bonchev–Trinajstić information content (AvgIpc) is 2.74. The van der Waals surface area contributed by atoms with Crippen molar-refractivity contribution in [2.75, 3.05) is 7.11 Å². The number of benzene rings is 2. The van der Waals surface area contributed by atoms with Crippen molar-refractivity contribution in [3.8, 4) is 40.1 Å². The molecule has 1 aromatic heterocycles. The molecule has 0 unspecified atom stereocenters. The van der Waals surface area contributed by atoms with Gasteiger partial charge in [-0.1, -0.05) is 23.8 Å². The van der Waals surface area contributed by atoms with Gasteiger partial charge in [0.15, 0.2) is 5.76 Å². The Balaban J connectivity index is 2.33. The molecule has 0 bridgehead atoms.